The molecule has 0 radical (unpaired) electrons. The van der Waals surface area contributed by atoms with Crippen molar-refractivity contribution in [2.45, 2.75) is 77.2 Å². The van der Waals surface area contributed by atoms with Gasteiger partial charge in [-0.15, -0.1) is 0 Å². The van der Waals surface area contributed by atoms with Crippen LogP contribution in [0.2, 0.25) is 23.2 Å². The predicted molar refractivity (Wildman–Crippen MR) is 141 cm³/mol. The molecule has 1 aromatic carbocycles. The van der Waals surface area contributed by atoms with Crippen LogP contribution in [0.15, 0.2) is 22.8 Å². The van der Waals surface area contributed by atoms with Crippen molar-refractivity contribution < 1.29 is 8.82 Å². The summed E-state index contributed by atoms with van der Waals surface area (Å²) in [5.74, 6) is -0.379. The van der Waals surface area contributed by atoms with E-state index in [4.69, 9.17) is 16.0 Å². The molecule has 0 bridgehead atoms. The fraction of sp³-hybridized carbons (Fsp3) is 0.542. The van der Waals surface area contributed by atoms with Crippen LogP contribution in [-0.4, -0.2) is 24.3 Å². The molecular weight excluding hydrogens is 537 g/mol. The molecule has 1 aliphatic rings. The number of hydrogen-bond acceptors (Lipinski definition) is 6. The number of nitriles is 1. The van der Waals surface area contributed by atoms with Crippen LogP contribution in [0.1, 0.15) is 52.0 Å². The van der Waals surface area contributed by atoms with Gasteiger partial charge in [0.05, 0.1) is 29.8 Å². The lowest BCUT2D eigenvalue weighted by Gasteiger charge is -2.36. The molecule has 6 nitrogen and oxygen atoms in total. The SMILES string of the molecule is CC(C)(C)[Si](C)(C)OCc1cc(Nc2ncc(F)c(NC3CCCC[C@@H]3C#N)n2)cc(Cl)c1Br. The molecule has 3 rings (SSSR count). The third-order valence-corrected chi connectivity index (χ3v) is 12.7. The first kappa shape index (κ1) is 26.9. The van der Waals surface area contributed by atoms with Gasteiger partial charge in [-0.2, -0.15) is 10.2 Å². The minimum absolute atomic E-state index is 0.0906. The van der Waals surface area contributed by atoms with Gasteiger partial charge in [0.1, 0.15) is 0 Å². The maximum absolute atomic E-state index is 14.4. The Morgan fingerprint density at radius 1 is 1.29 bits per heavy atom. The van der Waals surface area contributed by atoms with Crippen molar-refractivity contribution in [3.8, 4) is 6.07 Å². The van der Waals surface area contributed by atoms with Gasteiger partial charge in [-0.25, -0.2) is 9.37 Å². The Morgan fingerprint density at radius 3 is 2.68 bits per heavy atom. The molecule has 1 fully saturated rings. The molecule has 1 aliphatic carbocycles. The molecule has 0 spiro atoms. The number of rotatable bonds is 7. The zero-order valence-corrected chi connectivity index (χ0v) is 23.6. The van der Waals surface area contributed by atoms with Gasteiger partial charge < -0.3 is 15.1 Å². The molecular formula is C24H32BrClFN5OSi. The van der Waals surface area contributed by atoms with Gasteiger partial charge in [-0.1, -0.05) is 45.2 Å². The van der Waals surface area contributed by atoms with Crippen LogP contribution in [0.5, 0.6) is 0 Å². The fourth-order valence-electron chi connectivity index (χ4n) is 3.59. The van der Waals surface area contributed by atoms with E-state index in [0.717, 1.165) is 41.9 Å². The van der Waals surface area contributed by atoms with Crippen molar-refractivity contribution in [1.82, 2.24) is 9.97 Å². The molecule has 0 saturated heterocycles. The van der Waals surface area contributed by atoms with E-state index < -0.39 is 14.1 Å². The molecule has 2 atom stereocenters. The Hall–Kier alpha value is -1.73. The van der Waals surface area contributed by atoms with Gasteiger partial charge in [0.15, 0.2) is 20.0 Å². The van der Waals surface area contributed by atoms with Crippen molar-refractivity contribution in [3.63, 3.8) is 0 Å². The zero-order valence-electron chi connectivity index (χ0n) is 20.3. The van der Waals surface area contributed by atoms with Gasteiger partial charge in [-0.3, -0.25) is 0 Å². The van der Waals surface area contributed by atoms with Crippen molar-refractivity contribution in [2.24, 2.45) is 5.92 Å². The highest BCUT2D eigenvalue weighted by Crippen LogP contribution is 2.39. The van der Waals surface area contributed by atoms with Crippen molar-refractivity contribution >= 4 is 53.3 Å². The number of benzene rings is 1. The van der Waals surface area contributed by atoms with Gasteiger partial charge in [0.2, 0.25) is 5.95 Å². The Balaban J connectivity index is 1.79. The topological polar surface area (TPSA) is 82.9 Å². The van der Waals surface area contributed by atoms with Gasteiger partial charge >= 0.3 is 0 Å². The molecule has 2 N–H and O–H groups in total. The lowest BCUT2D eigenvalue weighted by atomic mass is 9.85. The fourth-order valence-corrected chi connectivity index (χ4v) is 5.12. The van der Waals surface area contributed by atoms with Crippen LogP contribution < -0.4 is 10.6 Å². The molecule has 1 aromatic heterocycles. The summed E-state index contributed by atoms with van der Waals surface area (Å²) >= 11 is 10.0. The zero-order chi connectivity index (χ0) is 25.1. The van der Waals surface area contributed by atoms with E-state index in [0.29, 0.717) is 17.3 Å². The van der Waals surface area contributed by atoms with Crippen LogP contribution in [0, 0.1) is 23.1 Å². The molecule has 0 amide bonds. The van der Waals surface area contributed by atoms with Gasteiger partial charge in [0.25, 0.3) is 0 Å². The second kappa shape index (κ2) is 10.9. The minimum atomic E-state index is -1.95. The lowest BCUT2D eigenvalue weighted by Crippen LogP contribution is -2.40. The summed E-state index contributed by atoms with van der Waals surface area (Å²) in [7, 11) is -1.95. The van der Waals surface area contributed by atoms with Crippen LogP contribution in [0.4, 0.5) is 21.8 Å². The van der Waals surface area contributed by atoms with Crippen molar-refractivity contribution in [2.75, 3.05) is 10.6 Å². The van der Waals surface area contributed by atoms with Crippen LogP contribution >= 0.6 is 27.5 Å². The van der Waals surface area contributed by atoms with Gasteiger partial charge in [0, 0.05) is 16.2 Å². The average Bonchev–Trinajstić information content (AvgIpc) is 2.77. The third kappa shape index (κ3) is 6.48. The summed E-state index contributed by atoms with van der Waals surface area (Å²) in [6.45, 7) is 11.4. The summed E-state index contributed by atoms with van der Waals surface area (Å²) < 4.78 is 21.6. The summed E-state index contributed by atoms with van der Waals surface area (Å²) in [6.07, 6.45) is 4.77. The maximum Gasteiger partial charge on any atom is 0.229 e. The highest BCUT2D eigenvalue weighted by molar-refractivity contribution is 9.10. The smallest absolute Gasteiger partial charge is 0.229 e. The molecule has 1 unspecified atom stereocenters. The first-order valence-electron chi connectivity index (χ1n) is 11.5. The monoisotopic (exact) mass is 567 g/mol. The van der Waals surface area contributed by atoms with E-state index in [9.17, 15) is 9.65 Å². The highest BCUT2D eigenvalue weighted by atomic mass is 79.9. The first-order valence-corrected chi connectivity index (χ1v) is 15.6. The molecule has 10 heteroatoms. The lowest BCUT2D eigenvalue weighted by molar-refractivity contribution is 0.276. The number of halogens is 3. The van der Waals surface area contributed by atoms with E-state index in [1.54, 1.807) is 6.07 Å². The quantitative estimate of drug-likeness (QED) is 0.332. The largest absolute Gasteiger partial charge is 0.413 e. The van der Waals surface area contributed by atoms with E-state index in [-0.39, 0.29) is 28.8 Å². The highest BCUT2D eigenvalue weighted by Gasteiger charge is 2.37. The van der Waals surface area contributed by atoms with Crippen LogP contribution in [0.3, 0.4) is 0 Å². The number of hydrogen-bond donors (Lipinski definition) is 2. The van der Waals surface area contributed by atoms with Crippen molar-refractivity contribution in [3.05, 3.63) is 39.2 Å². The minimum Gasteiger partial charge on any atom is -0.413 e. The Kier molecular flexibility index (Phi) is 8.61. The Labute approximate surface area is 215 Å². The molecule has 34 heavy (non-hydrogen) atoms. The molecule has 1 saturated carbocycles. The molecule has 2 aromatic rings. The summed E-state index contributed by atoms with van der Waals surface area (Å²) in [5.41, 5.74) is 1.58. The normalized spacial score (nSPS) is 18.9. The van der Waals surface area contributed by atoms with Gasteiger partial charge in [-0.05, 0) is 64.6 Å². The third-order valence-electron chi connectivity index (χ3n) is 6.75. The number of anilines is 3. The standard InChI is InChI=1S/C24H32BrClFN5OSi/c1-24(2,3)34(4,5)33-14-16-10-17(11-18(26)21(16)25)30-23-29-13-19(27)22(32-23)31-20-9-7-6-8-15(20)12-28/h10-11,13,15,20H,6-9,14H2,1-5H3,(H2,29,30,31,32)/t15-,20?/m1/s1. The van der Waals surface area contributed by atoms with E-state index in [1.165, 1.54) is 0 Å². The number of aromatic nitrogens is 2. The number of nitrogens with one attached hydrogen (secondary N) is 2. The van der Waals surface area contributed by atoms with Crippen LogP contribution in [-0.2, 0) is 11.0 Å². The Bertz CT molecular complexity index is 1070. The summed E-state index contributed by atoms with van der Waals surface area (Å²) in [5, 5.41) is 16.3. The molecule has 184 valence electrons. The summed E-state index contributed by atoms with van der Waals surface area (Å²) in [6, 6.07) is 5.88. The second-order valence-corrected chi connectivity index (χ2v) is 16.3. The number of nitrogens with zero attached hydrogens (tertiary/aromatic N) is 3. The van der Waals surface area contributed by atoms with E-state index in [2.05, 4.69) is 76.5 Å². The second-order valence-electron chi connectivity index (χ2n) is 10.3. The predicted octanol–water partition coefficient (Wildman–Crippen LogP) is 7.79. The van der Waals surface area contributed by atoms with E-state index in [1.807, 2.05) is 6.07 Å². The average molecular weight is 569 g/mol. The maximum atomic E-state index is 14.4. The first-order chi connectivity index (χ1) is 15.9. The summed E-state index contributed by atoms with van der Waals surface area (Å²) in [4.78, 5) is 8.42. The Morgan fingerprint density at radius 2 is 2.00 bits per heavy atom. The van der Waals surface area contributed by atoms with E-state index >= 15 is 0 Å². The van der Waals surface area contributed by atoms with Crippen LogP contribution in [0.25, 0.3) is 0 Å². The molecule has 1 heterocycles. The molecule has 0 aliphatic heterocycles. The van der Waals surface area contributed by atoms with Crippen molar-refractivity contribution in [1.29, 1.82) is 5.26 Å².